The van der Waals surface area contributed by atoms with Gasteiger partial charge in [-0.15, -0.1) is 0 Å². The fraction of sp³-hybridized carbons (Fsp3) is 0.0952. The van der Waals surface area contributed by atoms with Gasteiger partial charge in [0.1, 0.15) is 15.9 Å². The topological polar surface area (TPSA) is 52.1 Å². The van der Waals surface area contributed by atoms with Crippen LogP contribution in [-0.4, -0.2) is 22.5 Å². The van der Waals surface area contributed by atoms with Gasteiger partial charge in [0.2, 0.25) is 0 Å². The van der Waals surface area contributed by atoms with Gasteiger partial charge in [0, 0.05) is 19.7 Å². The molecule has 2 aromatic carbocycles. The standard InChI is InChI=1S/C12H8BrCl2NO2.C9H4BrCl2N/c1-2-18-12(17)9-10(14)7-5-6(13)3-4-8(7)16-11(9)15;10-5-1-2-8-6(3-5)7(11)4-9(12)13-8/h3-5H,2H2,1H3;1-4H. The zero-order valence-corrected chi connectivity index (χ0v) is 21.9. The first-order valence-corrected chi connectivity index (χ1v) is 11.8. The van der Waals surface area contributed by atoms with Crippen molar-refractivity contribution in [1.82, 2.24) is 9.97 Å². The van der Waals surface area contributed by atoms with Gasteiger partial charge in [0.25, 0.3) is 0 Å². The number of hydrogen-bond acceptors (Lipinski definition) is 4. The van der Waals surface area contributed by atoms with Gasteiger partial charge in [-0.3, -0.25) is 0 Å². The van der Waals surface area contributed by atoms with Gasteiger partial charge in [-0.2, -0.15) is 0 Å². The van der Waals surface area contributed by atoms with Crippen LogP contribution in [0.2, 0.25) is 20.4 Å². The van der Waals surface area contributed by atoms with Crippen molar-refractivity contribution in [3.8, 4) is 0 Å². The van der Waals surface area contributed by atoms with Crippen molar-refractivity contribution in [3.63, 3.8) is 0 Å². The fourth-order valence-corrected chi connectivity index (χ4v) is 4.53. The van der Waals surface area contributed by atoms with Gasteiger partial charge >= 0.3 is 5.97 Å². The number of esters is 1. The van der Waals surface area contributed by atoms with E-state index in [1.54, 1.807) is 25.1 Å². The minimum absolute atomic E-state index is 0.0493. The van der Waals surface area contributed by atoms with Crippen LogP contribution in [0.5, 0.6) is 0 Å². The molecule has 0 aliphatic carbocycles. The van der Waals surface area contributed by atoms with E-state index >= 15 is 0 Å². The Morgan fingerprint density at radius 2 is 1.48 bits per heavy atom. The van der Waals surface area contributed by atoms with Crippen molar-refractivity contribution in [2.75, 3.05) is 6.61 Å². The number of hydrogen-bond donors (Lipinski definition) is 0. The molecule has 0 amide bonds. The molecule has 0 bridgehead atoms. The SMILES string of the molecule is CCOC(=O)c1c(Cl)nc2ccc(Br)cc2c1Cl.Clc1cc(Cl)c2cc(Br)ccc2n1. The highest BCUT2D eigenvalue weighted by Gasteiger charge is 2.20. The molecule has 4 rings (SSSR count). The summed E-state index contributed by atoms with van der Waals surface area (Å²) in [6, 6.07) is 12.7. The van der Waals surface area contributed by atoms with E-state index < -0.39 is 5.97 Å². The molecule has 2 aromatic heterocycles. The number of benzene rings is 2. The van der Waals surface area contributed by atoms with E-state index in [0.717, 1.165) is 19.8 Å². The molecule has 10 heteroatoms. The van der Waals surface area contributed by atoms with Gasteiger partial charge in [-0.25, -0.2) is 14.8 Å². The Morgan fingerprint density at radius 3 is 2.10 bits per heavy atom. The van der Waals surface area contributed by atoms with Gasteiger partial charge in [-0.1, -0.05) is 78.3 Å². The van der Waals surface area contributed by atoms with E-state index in [-0.39, 0.29) is 22.3 Å². The maximum atomic E-state index is 11.8. The van der Waals surface area contributed by atoms with Crippen LogP contribution >= 0.6 is 78.3 Å². The van der Waals surface area contributed by atoms with E-state index in [4.69, 9.17) is 51.1 Å². The Labute approximate surface area is 215 Å². The van der Waals surface area contributed by atoms with Crippen LogP contribution in [0.25, 0.3) is 21.8 Å². The van der Waals surface area contributed by atoms with E-state index in [2.05, 4.69) is 41.8 Å². The summed E-state index contributed by atoms with van der Waals surface area (Å²) >= 11 is 30.6. The Morgan fingerprint density at radius 1 is 0.903 bits per heavy atom. The van der Waals surface area contributed by atoms with Crippen molar-refractivity contribution in [1.29, 1.82) is 0 Å². The summed E-state index contributed by atoms with van der Waals surface area (Å²) in [6.07, 6.45) is 0. The number of pyridine rings is 2. The predicted octanol–water partition coefficient (Wildman–Crippen LogP) is 8.78. The average molecular weight is 626 g/mol. The lowest BCUT2D eigenvalue weighted by molar-refractivity contribution is 0.0526. The molecule has 4 aromatic rings. The number of ether oxygens (including phenoxy) is 1. The molecule has 4 nitrogen and oxygen atoms in total. The smallest absolute Gasteiger partial charge is 0.342 e. The number of rotatable bonds is 2. The zero-order chi connectivity index (χ0) is 22.7. The molecule has 0 radical (unpaired) electrons. The minimum Gasteiger partial charge on any atom is -0.462 e. The molecular weight excluding hydrogens is 614 g/mol. The maximum Gasteiger partial charge on any atom is 0.342 e. The number of carbonyl (C=O) groups excluding carboxylic acids is 1. The molecule has 0 aliphatic rings. The molecule has 0 N–H and O–H groups in total. The highest BCUT2D eigenvalue weighted by atomic mass is 79.9. The van der Waals surface area contributed by atoms with Crippen molar-refractivity contribution in [2.45, 2.75) is 6.92 Å². The number of fused-ring (bicyclic) bond motifs is 2. The van der Waals surface area contributed by atoms with Crippen LogP contribution in [0.3, 0.4) is 0 Å². The average Bonchev–Trinajstić information content (AvgIpc) is 2.70. The highest BCUT2D eigenvalue weighted by Crippen LogP contribution is 2.33. The van der Waals surface area contributed by atoms with E-state index in [0.29, 0.717) is 21.1 Å². The van der Waals surface area contributed by atoms with Crippen LogP contribution in [0.1, 0.15) is 17.3 Å². The predicted molar refractivity (Wildman–Crippen MR) is 135 cm³/mol. The summed E-state index contributed by atoms with van der Waals surface area (Å²) < 4.78 is 6.73. The van der Waals surface area contributed by atoms with Gasteiger partial charge < -0.3 is 4.74 Å². The number of halogens is 6. The zero-order valence-electron chi connectivity index (χ0n) is 15.7. The number of carbonyl (C=O) groups is 1. The third-order valence-electron chi connectivity index (χ3n) is 4.01. The van der Waals surface area contributed by atoms with Crippen molar-refractivity contribution < 1.29 is 9.53 Å². The summed E-state index contributed by atoms with van der Waals surface area (Å²) in [7, 11) is 0. The van der Waals surface area contributed by atoms with Crippen molar-refractivity contribution in [3.05, 3.63) is 77.3 Å². The quantitative estimate of drug-likeness (QED) is 0.165. The lowest BCUT2D eigenvalue weighted by Crippen LogP contribution is -2.07. The molecule has 0 saturated heterocycles. The van der Waals surface area contributed by atoms with Crippen molar-refractivity contribution >= 4 is 106 Å². The lowest BCUT2D eigenvalue weighted by Gasteiger charge is -2.09. The molecule has 0 atom stereocenters. The lowest BCUT2D eigenvalue weighted by atomic mass is 10.1. The molecule has 160 valence electrons. The molecule has 0 unspecified atom stereocenters. The second kappa shape index (κ2) is 10.6. The molecule has 0 spiro atoms. The minimum atomic E-state index is -0.568. The van der Waals surface area contributed by atoms with E-state index in [9.17, 15) is 4.79 Å². The summed E-state index contributed by atoms with van der Waals surface area (Å²) in [5, 5.41) is 2.90. The Kier molecular flexibility index (Phi) is 8.41. The third kappa shape index (κ3) is 5.81. The van der Waals surface area contributed by atoms with Gasteiger partial charge in [-0.05, 0) is 49.4 Å². The number of nitrogens with zero attached hydrogens (tertiary/aromatic N) is 2. The molecule has 2 heterocycles. The second-order valence-electron chi connectivity index (χ2n) is 6.06. The summed E-state index contributed by atoms with van der Waals surface area (Å²) in [4.78, 5) is 20.1. The van der Waals surface area contributed by atoms with Crippen LogP contribution in [0, 0.1) is 0 Å². The Bertz CT molecular complexity index is 1300. The Balaban J connectivity index is 0.000000185. The van der Waals surface area contributed by atoms with E-state index in [1.165, 1.54) is 0 Å². The molecular formula is C21H12Br2Cl4N2O2. The van der Waals surface area contributed by atoms with Gasteiger partial charge in [0.15, 0.2) is 0 Å². The summed E-state index contributed by atoms with van der Waals surface area (Å²) in [5.41, 5.74) is 1.53. The Hall–Kier alpha value is -1.15. The van der Waals surface area contributed by atoms with Crippen LogP contribution < -0.4 is 0 Å². The van der Waals surface area contributed by atoms with Gasteiger partial charge in [0.05, 0.1) is 27.7 Å². The second-order valence-corrected chi connectivity index (χ2v) is 9.42. The first-order chi connectivity index (χ1) is 14.7. The first kappa shape index (κ1) is 24.5. The highest BCUT2D eigenvalue weighted by molar-refractivity contribution is 9.10. The largest absolute Gasteiger partial charge is 0.462 e. The third-order valence-corrected chi connectivity index (χ3v) is 6.17. The summed E-state index contributed by atoms with van der Waals surface area (Å²) in [5.74, 6) is -0.568. The molecule has 0 saturated carbocycles. The molecule has 31 heavy (non-hydrogen) atoms. The summed E-state index contributed by atoms with van der Waals surface area (Å²) in [6.45, 7) is 1.97. The molecule has 0 fully saturated rings. The maximum absolute atomic E-state index is 11.8. The fourth-order valence-electron chi connectivity index (χ4n) is 2.67. The monoisotopic (exact) mass is 622 g/mol. The van der Waals surface area contributed by atoms with Crippen LogP contribution in [0.4, 0.5) is 0 Å². The molecule has 0 aliphatic heterocycles. The van der Waals surface area contributed by atoms with Crippen molar-refractivity contribution in [2.24, 2.45) is 0 Å². The normalized spacial score (nSPS) is 10.7. The first-order valence-electron chi connectivity index (χ1n) is 8.74. The van der Waals surface area contributed by atoms with E-state index in [1.807, 2.05) is 24.3 Å². The number of aromatic nitrogens is 2. The van der Waals surface area contributed by atoms with Crippen LogP contribution in [0.15, 0.2) is 51.4 Å². The van der Waals surface area contributed by atoms with Crippen LogP contribution in [-0.2, 0) is 4.74 Å².